The van der Waals surface area contributed by atoms with E-state index in [0.717, 1.165) is 0 Å². The SMILES string of the molecule is CC(CC(N)=NO)Nc1ccc(OC(F)(F)F)cc1. The van der Waals surface area contributed by atoms with E-state index in [0.29, 0.717) is 12.1 Å². The lowest BCUT2D eigenvalue weighted by Crippen LogP contribution is -2.24. The zero-order valence-electron chi connectivity index (χ0n) is 10.1. The second-order valence-electron chi connectivity index (χ2n) is 3.91. The Morgan fingerprint density at radius 3 is 2.47 bits per heavy atom. The summed E-state index contributed by atoms with van der Waals surface area (Å²) in [5.74, 6) is -0.223. The number of amidine groups is 1. The van der Waals surface area contributed by atoms with E-state index in [-0.39, 0.29) is 17.6 Å². The molecule has 1 atom stereocenters. The van der Waals surface area contributed by atoms with Crippen LogP contribution in [-0.4, -0.2) is 23.4 Å². The van der Waals surface area contributed by atoms with Crippen molar-refractivity contribution in [3.63, 3.8) is 0 Å². The summed E-state index contributed by atoms with van der Waals surface area (Å²) in [5.41, 5.74) is 5.94. The van der Waals surface area contributed by atoms with Crippen LogP contribution in [0.4, 0.5) is 18.9 Å². The van der Waals surface area contributed by atoms with Crippen LogP contribution in [-0.2, 0) is 0 Å². The minimum Gasteiger partial charge on any atom is -0.409 e. The van der Waals surface area contributed by atoms with Gasteiger partial charge in [0.1, 0.15) is 11.6 Å². The van der Waals surface area contributed by atoms with Crippen LogP contribution in [0.15, 0.2) is 29.4 Å². The maximum absolute atomic E-state index is 11.9. The van der Waals surface area contributed by atoms with Gasteiger partial charge in [-0.3, -0.25) is 0 Å². The van der Waals surface area contributed by atoms with E-state index in [9.17, 15) is 13.2 Å². The smallest absolute Gasteiger partial charge is 0.409 e. The molecule has 1 aromatic carbocycles. The van der Waals surface area contributed by atoms with Gasteiger partial charge in [0.05, 0.1) is 0 Å². The van der Waals surface area contributed by atoms with Crippen LogP contribution < -0.4 is 15.8 Å². The molecule has 0 saturated heterocycles. The van der Waals surface area contributed by atoms with Gasteiger partial charge in [0, 0.05) is 18.2 Å². The fourth-order valence-corrected chi connectivity index (χ4v) is 1.44. The first kappa shape index (κ1) is 14.9. The zero-order valence-corrected chi connectivity index (χ0v) is 10.1. The Kier molecular flexibility index (Phi) is 4.85. The molecule has 1 rings (SSSR count). The van der Waals surface area contributed by atoms with Gasteiger partial charge >= 0.3 is 6.36 Å². The number of ether oxygens (including phenoxy) is 1. The number of nitrogens with one attached hydrogen (secondary N) is 1. The molecule has 106 valence electrons. The normalized spacial score (nSPS) is 14.0. The second kappa shape index (κ2) is 6.17. The molecule has 4 N–H and O–H groups in total. The Morgan fingerprint density at radius 2 is 2.00 bits per heavy atom. The summed E-state index contributed by atoms with van der Waals surface area (Å²) in [7, 11) is 0. The molecule has 0 bridgehead atoms. The fraction of sp³-hybridized carbons (Fsp3) is 0.364. The Labute approximate surface area is 107 Å². The van der Waals surface area contributed by atoms with E-state index < -0.39 is 6.36 Å². The van der Waals surface area contributed by atoms with Gasteiger partial charge in [0.25, 0.3) is 0 Å². The second-order valence-corrected chi connectivity index (χ2v) is 3.91. The maximum atomic E-state index is 11.9. The largest absolute Gasteiger partial charge is 0.573 e. The molecule has 0 saturated carbocycles. The summed E-state index contributed by atoms with van der Waals surface area (Å²) in [6.07, 6.45) is -4.40. The van der Waals surface area contributed by atoms with Crippen molar-refractivity contribution in [3.8, 4) is 5.75 Å². The number of alkyl halides is 3. The Bertz CT molecular complexity index is 432. The van der Waals surface area contributed by atoms with Crippen molar-refractivity contribution in [2.45, 2.75) is 25.7 Å². The van der Waals surface area contributed by atoms with Crippen molar-refractivity contribution in [2.24, 2.45) is 10.9 Å². The minimum atomic E-state index is -4.70. The number of nitrogens with two attached hydrogens (primary N) is 1. The Balaban J connectivity index is 2.57. The van der Waals surface area contributed by atoms with Gasteiger partial charge in [-0.05, 0) is 31.2 Å². The number of benzene rings is 1. The topological polar surface area (TPSA) is 79.9 Å². The summed E-state index contributed by atoms with van der Waals surface area (Å²) in [4.78, 5) is 0. The molecule has 0 spiro atoms. The average molecular weight is 277 g/mol. The molecule has 0 aliphatic heterocycles. The molecule has 0 amide bonds. The number of rotatable bonds is 5. The highest BCUT2D eigenvalue weighted by molar-refractivity contribution is 5.80. The lowest BCUT2D eigenvalue weighted by atomic mass is 10.2. The van der Waals surface area contributed by atoms with Crippen molar-refractivity contribution in [3.05, 3.63) is 24.3 Å². The standard InChI is InChI=1S/C11H14F3N3O2/c1-7(6-10(15)17-18)16-8-2-4-9(5-3-8)19-11(12,13)14/h2-5,7,16,18H,6H2,1H3,(H2,15,17). The zero-order chi connectivity index (χ0) is 14.5. The molecule has 0 aromatic heterocycles. The van der Waals surface area contributed by atoms with Crippen molar-refractivity contribution < 1.29 is 23.1 Å². The van der Waals surface area contributed by atoms with E-state index in [1.807, 2.05) is 0 Å². The van der Waals surface area contributed by atoms with E-state index in [4.69, 9.17) is 10.9 Å². The first-order valence-corrected chi connectivity index (χ1v) is 5.39. The van der Waals surface area contributed by atoms with E-state index in [1.165, 1.54) is 24.3 Å². The number of halogens is 3. The van der Waals surface area contributed by atoms with E-state index >= 15 is 0 Å². The highest BCUT2D eigenvalue weighted by Gasteiger charge is 2.30. The fourth-order valence-electron chi connectivity index (χ4n) is 1.44. The van der Waals surface area contributed by atoms with Gasteiger partial charge in [-0.1, -0.05) is 5.16 Å². The maximum Gasteiger partial charge on any atom is 0.573 e. The number of anilines is 1. The van der Waals surface area contributed by atoms with E-state index in [1.54, 1.807) is 6.92 Å². The summed E-state index contributed by atoms with van der Waals surface area (Å²) < 4.78 is 39.6. The predicted octanol–water partition coefficient (Wildman–Crippen LogP) is 2.52. The Morgan fingerprint density at radius 1 is 1.42 bits per heavy atom. The molecule has 1 unspecified atom stereocenters. The van der Waals surface area contributed by atoms with Crippen LogP contribution in [0.25, 0.3) is 0 Å². The van der Waals surface area contributed by atoms with Crippen LogP contribution in [0.3, 0.4) is 0 Å². The van der Waals surface area contributed by atoms with Crippen molar-refractivity contribution in [1.82, 2.24) is 0 Å². The van der Waals surface area contributed by atoms with Gasteiger partial charge in [-0.25, -0.2) is 0 Å². The van der Waals surface area contributed by atoms with Gasteiger partial charge in [-0.15, -0.1) is 13.2 Å². The van der Waals surface area contributed by atoms with Crippen LogP contribution in [0.1, 0.15) is 13.3 Å². The number of oxime groups is 1. The monoisotopic (exact) mass is 277 g/mol. The highest BCUT2D eigenvalue weighted by Crippen LogP contribution is 2.24. The van der Waals surface area contributed by atoms with Gasteiger partial charge in [0.15, 0.2) is 0 Å². The molecule has 0 radical (unpaired) electrons. The van der Waals surface area contributed by atoms with E-state index in [2.05, 4.69) is 15.2 Å². The van der Waals surface area contributed by atoms with Crippen LogP contribution in [0.2, 0.25) is 0 Å². The molecule has 1 aromatic rings. The van der Waals surface area contributed by atoms with Gasteiger partial charge in [-0.2, -0.15) is 0 Å². The number of hydrogen-bond acceptors (Lipinski definition) is 4. The third kappa shape index (κ3) is 5.84. The van der Waals surface area contributed by atoms with Crippen molar-refractivity contribution in [2.75, 3.05) is 5.32 Å². The Hall–Kier alpha value is -2.12. The molecule has 0 fully saturated rings. The van der Waals surface area contributed by atoms with Crippen molar-refractivity contribution in [1.29, 1.82) is 0 Å². The summed E-state index contributed by atoms with van der Waals surface area (Å²) in [5, 5.41) is 14.2. The number of hydrogen-bond donors (Lipinski definition) is 3. The third-order valence-electron chi connectivity index (χ3n) is 2.14. The lowest BCUT2D eigenvalue weighted by molar-refractivity contribution is -0.274. The summed E-state index contributed by atoms with van der Waals surface area (Å²) >= 11 is 0. The molecule has 5 nitrogen and oxygen atoms in total. The molecule has 0 aliphatic rings. The third-order valence-corrected chi connectivity index (χ3v) is 2.14. The van der Waals surface area contributed by atoms with Crippen LogP contribution in [0, 0.1) is 0 Å². The molecular weight excluding hydrogens is 263 g/mol. The summed E-state index contributed by atoms with van der Waals surface area (Å²) in [6, 6.07) is 5.16. The van der Waals surface area contributed by atoms with Gasteiger partial charge < -0.3 is 21.0 Å². The van der Waals surface area contributed by atoms with Crippen LogP contribution >= 0.6 is 0 Å². The lowest BCUT2D eigenvalue weighted by Gasteiger charge is -2.15. The first-order chi connectivity index (χ1) is 8.80. The number of nitrogens with zero attached hydrogens (tertiary/aromatic N) is 1. The predicted molar refractivity (Wildman–Crippen MR) is 64.2 cm³/mol. The van der Waals surface area contributed by atoms with Gasteiger partial charge in [0.2, 0.25) is 0 Å². The molecule has 0 heterocycles. The minimum absolute atomic E-state index is 0.0667. The quantitative estimate of drug-likeness (QED) is 0.334. The summed E-state index contributed by atoms with van der Waals surface area (Å²) in [6.45, 7) is 1.79. The molecule has 19 heavy (non-hydrogen) atoms. The molecule has 8 heteroatoms. The first-order valence-electron chi connectivity index (χ1n) is 5.39. The average Bonchev–Trinajstić information content (AvgIpc) is 2.29. The van der Waals surface area contributed by atoms with Crippen molar-refractivity contribution >= 4 is 11.5 Å². The molecule has 0 aliphatic carbocycles. The highest BCUT2D eigenvalue weighted by atomic mass is 19.4. The molecular formula is C11H14F3N3O2. The van der Waals surface area contributed by atoms with Crippen LogP contribution in [0.5, 0.6) is 5.75 Å².